The van der Waals surface area contributed by atoms with Gasteiger partial charge in [0.2, 0.25) is 0 Å². The highest BCUT2D eigenvalue weighted by molar-refractivity contribution is 5.70. The number of carboxylic acid groups (broad SMARTS) is 1. The molecule has 0 aliphatic heterocycles. The molecule has 0 rings (SSSR count). The molecule has 0 bridgehead atoms. The van der Waals surface area contributed by atoms with Gasteiger partial charge in [-0.25, -0.2) is 0 Å². The monoisotopic (exact) mass is 201 g/mol. The Morgan fingerprint density at radius 1 is 1.43 bits per heavy atom. The van der Waals surface area contributed by atoms with Gasteiger partial charge in [-0.15, -0.1) is 0 Å². The SMILES string of the molecule is CCCCC(CC)CC(CN)C(=O)O. The zero-order valence-corrected chi connectivity index (χ0v) is 9.33. The van der Waals surface area contributed by atoms with Crippen molar-refractivity contribution in [1.82, 2.24) is 0 Å². The average molecular weight is 201 g/mol. The van der Waals surface area contributed by atoms with Gasteiger partial charge in [-0.05, 0) is 12.3 Å². The number of rotatable bonds is 8. The second-order valence-electron chi connectivity index (χ2n) is 3.92. The van der Waals surface area contributed by atoms with E-state index in [1.165, 1.54) is 12.8 Å². The highest BCUT2D eigenvalue weighted by Gasteiger charge is 2.19. The lowest BCUT2D eigenvalue weighted by Crippen LogP contribution is -2.25. The van der Waals surface area contributed by atoms with E-state index in [1.54, 1.807) is 0 Å². The molecule has 0 spiro atoms. The van der Waals surface area contributed by atoms with Crippen LogP contribution in [0, 0.1) is 11.8 Å². The number of nitrogens with two attached hydrogens (primary N) is 1. The molecular weight excluding hydrogens is 178 g/mol. The predicted molar refractivity (Wildman–Crippen MR) is 58.1 cm³/mol. The molecule has 0 aromatic rings. The maximum absolute atomic E-state index is 10.8. The lowest BCUT2D eigenvalue weighted by molar-refractivity contribution is -0.142. The van der Waals surface area contributed by atoms with Gasteiger partial charge < -0.3 is 10.8 Å². The highest BCUT2D eigenvalue weighted by Crippen LogP contribution is 2.21. The van der Waals surface area contributed by atoms with Gasteiger partial charge in [-0.2, -0.15) is 0 Å². The number of carboxylic acids is 1. The smallest absolute Gasteiger partial charge is 0.307 e. The van der Waals surface area contributed by atoms with E-state index < -0.39 is 5.97 Å². The summed E-state index contributed by atoms with van der Waals surface area (Å²) in [7, 11) is 0. The van der Waals surface area contributed by atoms with Gasteiger partial charge in [-0.3, -0.25) is 4.79 Å². The summed E-state index contributed by atoms with van der Waals surface area (Å²) in [4.78, 5) is 10.8. The zero-order valence-electron chi connectivity index (χ0n) is 9.33. The molecule has 0 aliphatic carbocycles. The van der Waals surface area contributed by atoms with Gasteiger partial charge in [0.1, 0.15) is 0 Å². The van der Waals surface area contributed by atoms with E-state index in [-0.39, 0.29) is 12.5 Å². The Labute approximate surface area is 86.7 Å². The second kappa shape index (κ2) is 7.80. The first-order chi connectivity index (χ1) is 6.65. The molecule has 0 aromatic heterocycles. The summed E-state index contributed by atoms with van der Waals surface area (Å²) in [5.74, 6) is -0.571. The minimum Gasteiger partial charge on any atom is -0.481 e. The molecule has 3 nitrogen and oxygen atoms in total. The van der Waals surface area contributed by atoms with Crippen LogP contribution in [0.1, 0.15) is 46.0 Å². The minimum absolute atomic E-state index is 0.262. The van der Waals surface area contributed by atoms with E-state index in [9.17, 15) is 4.79 Å². The molecule has 3 heteroatoms. The Balaban J connectivity index is 3.94. The summed E-state index contributed by atoms with van der Waals surface area (Å²) in [6.45, 7) is 4.54. The van der Waals surface area contributed by atoms with Crippen LogP contribution in [0.4, 0.5) is 0 Å². The largest absolute Gasteiger partial charge is 0.481 e. The number of hydrogen-bond acceptors (Lipinski definition) is 2. The molecule has 0 radical (unpaired) electrons. The summed E-state index contributed by atoms with van der Waals surface area (Å²) >= 11 is 0. The van der Waals surface area contributed by atoms with Crippen LogP contribution in [0.5, 0.6) is 0 Å². The Bertz CT molecular complexity index is 159. The normalized spacial score (nSPS) is 15.1. The molecule has 0 saturated heterocycles. The third-order valence-electron chi connectivity index (χ3n) is 2.79. The molecule has 2 unspecified atom stereocenters. The first-order valence-electron chi connectivity index (χ1n) is 5.58. The van der Waals surface area contributed by atoms with Crippen molar-refractivity contribution < 1.29 is 9.90 Å². The third kappa shape index (κ3) is 5.22. The Hall–Kier alpha value is -0.570. The van der Waals surface area contributed by atoms with E-state index in [0.717, 1.165) is 19.3 Å². The molecule has 14 heavy (non-hydrogen) atoms. The van der Waals surface area contributed by atoms with Crippen molar-refractivity contribution in [2.45, 2.75) is 46.0 Å². The van der Waals surface area contributed by atoms with E-state index in [0.29, 0.717) is 5.92 Å². The topological polar surface area (TPSA) is 63.3 Å². The van der Waals surface area contributed by atoms with Crippen LogP contribution in [0.15, 0.2) is 0 Å². The van der Waals surface area contributed by atoms with Gasteiger partial charge in [-0.1, -0.05) is 39.5 Å². The maximum Gasteiger partial charge on any atom is 0.307 e. The molecular formula is C11H23NO2. The van der Waals surface area contributed by atoms with Crippen molar-refractivity contribution in [3.05, 3.63) is 0 Å². The van der Waals surface area contributed by atoms with Gasteiger partial charge in [0.05, 0.1) is 5.92 Å². The van der Waals surface area contributed by atoms with Crippen molar-refractivity contribution >= 4 is 5.97 Å². The molecule has 0 aromatic carbocycles. The highest BCUT2D eigenvalue weighted by atomic mass is 16.4. The summed E-state index contributed by atoms with van der Waals surface area (Å²) in [5, 5.41) is 8.86. The lowest BCUT2D eigenvalue weighted by atomic mass is 9.89. The van der Waals surface area contributed by atoms with Crippen LogP contribution in [-0.2, 0) is 4.79 Å². The zero-order chi connectivity index (χ0) is 11.0. The van der Waals surface area contributed by atoms with Crippen LogP contribution in [0.25, 0.3) is 0 Å². The third-order valence-corrected chi connectivity index (χ3v) is 2.79. The Morgan fingerprint density at radius 3 is 2.43 bits per heavy atom. The van der Waals surface area contributed by atoms with E-state index in [2.05, 4.69) is 13.8 Å². The number of carbonyl (C=O) groups is 1. The van der Waals surface area contributed by atoms with Gasteiger partial charge in [0.15, 0.2) is 0 Å². The number of aliphatic carboxylic acids is 1. The molecule has 84 valence electrons. The Morgan fingerprint density at radius 2 is 2.07 bits per heavy atom. The van der Waals surface area contributed by atoms with Crippen LogP contribution >= 0.6 is 0 Å². The summed E-state index contributed by atoms with van der Waals surface area (Å²) in [5.41, 5.74) is 5.42. The van der Waals surface area contributed by atoms with E-state index in [4.69, 9.17) is 10.8 Å². The van der Waals surface area contributed by atoms with Gasteiger partial charge >= 0.3 is 5.97 Å². The fourth-order valence-electron chi connectivity index (χ4n) is 1.68. The molecule has 0 amide bonds. The van der Waals surface area contributed by atoms with Crippen molar-refractivity contribution in [3.8, 4) is 0 Å². The first kappa shape index (κ1) is 13.4. The van der Waals surface area contributed by atoms with Crippen molar-refractivity contribution in [2.24, 2.45) is 17.6 Å². The molecule has 0 aliphatic rings. The summed E-state index contributed by atoms with van der Waals surface area (Å²) < 4.78 is 0. The van der Waals surface area contributed by atoms with Crippen LogP contribution in [0.2, 0.25) is 0 Å². The second-order valence-corrected chi connectivity index (χ2v) is 3.92. The average Bonchev–Trinajstić information content (AvgIpc) is 2.18. The molecule has 3 N–H and O–H groups in total. The van der Waals surface area contributed by atoms with E-state index in [1.807, 2.05) is 0 Å². The summed E-state index contributed by atoms with van der Waals surface area (Å²) in [6.07, 6.45) is 5.30. The van der Waals surface area contributed by atoms with Crippen LogP contribution < -0.4 is 5.73 Å². The quantitative estimate of drug-likeness (QED) is 0.633. The minimum atomic E-state index is -0.748. The van der Waals surface area contributed by atoms with E-state index >= 15 is 0 Å². The van der Waals surface area contributed by atoms with Crippen LogP contribution in [0.3, 0.4) is 0 Å². The van der Waals surface area contributed by atoms with Crippen molar-refractivity contribution in [3.63, 3.8) is 0 Å². The number of unbranched alkanes of at least 4 members (excludes halogenated alkanes) is 1. The summed E-state index contributed by atoms with van der Waals surface area (Å²) in [6, 6.07) is 0. The number of hydrogen-bond donors (Lipinski definition) is 2. The standard InChI is InChI=1S/C11H23NO2/c1-3-5-6-9(4-2)7-10(8-12)11(13)14/h9-10H,3-8,12H2,1-2H3,(H,13,14). The molecule has 2 atom stereocenters. The predicted octanol–water partition coefficient (Wildman–Crippen LogP) is 2.25. The van der Waals surface area contributed by atoms with Crippen molar-refractivity contribution in [1.29, 1.82) is 0 Å². The molecule has 0 fully saturated rings. The first-order valence-corrected chi connectivity index (χ1v) is 5.58. The van der Waals surface area contributed by atoms with Gasteiger partial charge in [0.25, 0.3) is 0 Å². The fraction of sp³-hybridized carbons (Fsp3) is 0.909. The van der Waals surface area contributed by atoms with Crippen LogP contribution in [-0.4, -0.2) is 17.6 Å². The fourth-order valence-corrected chi connectivity index (χ4v) is 1.68. The maximum atomic E-state index is 10.8. The Kier molecular flexibility index (Phi) is 7.48. The van der Waals surface area contributed by atoms with Gasteiger partial charge in [0, 0.05) is 6.54 Å². The van der Waals surface area contributed by atoms with Crippen molar-refractivity contribution in [2.75, 3.05) is 6.54 Å². The molecule has 0 saturated carbocycles. The lowest BCUT2D eigenvalue weighted by Gasteiger charge is -2.18. The molecule has 0 heterocycles.